The Bertz CT molecular complexity index is 391. The second-order valence-electron chi connectivity index (χ2n) is 2.80. The first-order valence-corrected chi connectivity index (χ1v) is 4.79. The topological polar surface area (TPSA) is 12.9 Å². The highest BCUT2D eigenvalue weighted by Gasteiger charge is 2.39. The standard InChI is InChI=1S/C8H4Cl2F5N/c9-2-3-1-4(7(11)12)5(6(10)16-3)8(13,14)15/h1,7H,2H2. The van der Waals surface area contributed by atoms with Crippen LogP contribution in [0.1, 0.15) is 23.2 Å². The van der Waals surface area contributed by atoms with Crippen LogP contribution in [0.2, 0.25) is 5.15 Å². The molecule has 0 aliphatic heterocycles. The van der Waals surface area contributed by atoms with Gasteiger partial charge in [-0.05, 0) is 6.07 Å². The van der Waals surface area contributed by atoms with E-state index in [0.717, 1.165) is 0 Å². The summed E-state index contributed by atoms with van der Waals surface area (Å²) in [6.45, 7) is 0. The fourth-order valence-electron chi connectivity index (χ4n) is 1.11. The molecule has 0 unspecified atom stereocenters. The molecule has 0 saturated heterocycles. The maximum Gasteiger partial charge on any atom is 0.419 e. The zero-order valence-electron chi connectivity index (χ0n) is 7.45. The van der Waals surface area contributed by atoms with Gasteiger partial charge in [-0.1, -0.05) is 11.6 Å². The Morgan fingerprint density at radius 1 is 1.31 bits per heavy atom. The summed E-state index contributed by atoms with van der Waals surface area (Å²) in [7, 11) is 0. The number of hydrogen-bond acceptors (Lipinski definition) is 1. The molecule has 1 aromatic rings. The molecule has 0 aliphatic carbocycles. The van der Waals surface area contributed by atoms with E-state index in [9.17, 15) is 22.0 Å². The molecule has 90 valence electrons. The van der Waals surface area contributed by atoms with Gasteiger partial charge in [0.15, 0.2) is 0 Å². The number of halogens is 7. The number of aromatic nitrogens is 1. The van der Waals surface area contributed by atoms with Crippen molar-refractivity contribution in [3.05, 3.63) is 28.0 Å². The molecule has 0 aliphatic rings. The van der Waals surface area contributed by atoms with Crippen LogP contribution in [0.25, 0.3) is 0 Å². The molecule has 8 heteroatoms. The maximum atomic E-state index is 12.4. The van der Waals surface area contributed by atoms with Gasteiger partial charge in [0.1, 0.15) is 10.7 Å². The normalized spacial score (nSPS) is 12.2. The molecule has 1 nitrogen and oxygen atoms in total. The highest BCUT2D eigenvalue weighted by Crippen LogP contribution is 2.40. The van der Waals surface area contributed by atoms with Gasteiger partial charge in [-0.25, -0.2) is 13.8 Å². The molecule has 0 saturated carbocycles. The monoisotopic (exact) mass is 279 g/mol. The van der Waals surface area contributed by atoms with Crippen molar-refractivity contribution < 1.29 is 22.0 Å². The van der Waals surface area contributed by atoms with Crippen LogP contribution in [-0.2, 0) is 12.1 Å². The Labute approximate surface area is 97.2 Å². The van der Waals surface area contributed by atoms with Crippen LogP contribution in [-0.4, -0.2) is 4.98 Å². The van der Waals surface area contributed by atoms with Crippen LogP contribution in [0.5, 0.6) is 0 Å². The third kappa shape index (κ3) is 2.74. The molecule has 0 N–H and O–H groups in total. The molecule has 1 heterocycles. The lowest BCUT2D eigenvalue weighted by atomic mass is 10.1. The number of hydrogen-bond donors (Lipinski definition) is 0. The molecule has 0 bridgehead atoms. The second kappa shape index (κ2) is 4.71. The predicted octanol–water partition coefficient (Wildman–Crippen LogP) is 4.43. The SMILES string of the molecule is FC(F)c1cc(CCl)nc(Cl)c1C(F)(F)F. The molecule has 0 fully saturated rings. The smallest absolute Gasteiger partial charge is 0.239 e. The largest absolute Gasteiger partial charge is 0.419 e. The van der Waals surface area contributed by atoms with Crippen molar-refractivity contribution in [2.24, 2.45) is 0 Å². The van der Waals surface area contributed by atoms with Crippen LogP contribution in [0.3, 0.4) is 0 Å². The average molecular weight is 280 g/mol. The molecule has 16 heavy (non-hydrogen) atoms. The van der Waals surface area contributed by atoms with Crippen LogP contribution in [0.4, 0.5) is 22.0 Å². The van der Waals surface area contributed by atoms with E-state index in [1.54, 1.807) is 0 Å². The summed E-state index contributed by atoms with van der Waals surface area (Å²) in [5.41, 5.74) is -2.95. The molecule has 0 atom stereocenters. The lowest BCUT2D eigenvalue weighted by molar-refractivity contribution is -0.139. The van der Waals surface area contributed by atoms with Gasteiger partial charge in [0, 0.05) is 5.56 Å². The Morgan fingerprint density at radius 3 is 2.25 bits per heavy atom. The van der Waals surface area contributed by atoms with E-state index in [0.29, 0.717) is 6.07 Å². The molecule has 1 aromatic heterocycles. The minimum Gasteiger partial charge on any atom is -0.239 e. The van der Waals surface area contributed by atoms with E-state index >= 15 is 0 Å². The molecule has 0 spiro atoms. The van der Waals surface area contributed by atoms with Crippen molar-refractivity contribution in [1.29, 1.82) is 0 Å². The number of rotatable bonds is 2. The molecular formula is C8H4Cl2F5N. The summed E-state index contributed by atoms with van der Waals surface area (Å²) < 4.78 is 62.1. The first-order valence-electron chi connectivity index (χ1n) is 3.88. The van der Waals surface area contributed by atoms with E-state index in [-0.39, 0.29) is 11.6 Å². The van der Waals surface area contributed by atoms with Gasteiger partial charge in [-0.15, -0.1) is 11.6 Å². The third-order valence-electron chi connectivity index (χ3n) is 1.71. The van der Waals surface area contributed by atoms with E-state index < -0.39 is 28.9 Å². The van der Waals surface area contributed by atoms with Crippen molar-refractivity contribution in [2.75, 3.05) is 0 Å². The Hall–Kier alpha value is -0.620. The highest BCUT2D eigenvalue weighted by atomic mass is 35.5. The summed E-state index contributed by atoms with van der Waals surface area (Å²) in [6, 6.07) is 0.604. The predicted molar refractivity (Wildman–Crippen MR) is 48.8 cm³/mol. The Kier molecular flexibility index (Phi) is 3.96. The van der Waals surface area contributed by atoms with Gasteiger partial charge in [0.05, 0.1) is 11.6 Å². The molecular weight excluding hydrogens is 276 g/mol. The van der Waals surface area contributed by atoms with Gasteiger partial charge in [0.2, 0.25) is 0 Å². The fourth-order valence-corrected chi connectivity index (χ4v) is 1.57. The number of nitrogens with zero attached hydrogens (tertiary/aromatic N) is 1. The van der Waals surface area contributed by atoms with Crippen LogP contribution >= 0.6 is 23.2 Å². The maximum absolute atomic E-state index is 12.4. The Morgan fingerprint density at radius 2 is 1.88 bits per heavy atom. The molecule has 0 radical (unpaired) electrons. The molecule has 0 amide bonds. The highest BCUT2D eigenvalue weighted by molar-refractivity contribution is 6.30. The Balaban J connectivity index is 3.46. The third-order valence-corrected chi connectivity index (χ3v) is 2.26. The first-order chi connectivity index (χ1) is 7.27. The summed E-state index contributed by atoms with van der Waals surface area (Å²) in [6.07, 6.45) is -8.26. The fraction of sp³-hybridized carbons (Fsp3) is 0.375. The van der Waals surface area contributed by atoms with Crippen molar-refractivity contribution in [2.45, 2.75) is 18.5 Å². The van der Waals surface area contributed by atoms with Gasteiger partial charge in [-0.2, -0.15) is 13.2 Å². The molecule has 1 rings (SSSR count). The van der Waals surface area contributed by atoms with Crippen molar-refractivity contribution in [3.8, 4) is 0 Å². The van der Waals surface area contributed by atoms with Crippen molar-refractivity contribution in [1.82, 2.24) is 4.98 Å². The zero-order chi connectivity index (χ0) is 12.5. The van der Waals surface area contributed by atoms with Crippen LogP contribution < -0.4 is 0 Å². The van der Waals surface area contributed by atoms with E-state index in [2.05, 4.69) is 4.98 Å². The number of alkyl halides is 6. The summed E-state index contributed by atoms with van der Waals surface area (Å²) in [5.74, 6) is -0.294. The van der Waals surface area contributed by atoms with Gasteiger partial charge < -0.3 is 0 Å². The van der Waals surface area contributed by atoms with E-state index in [1.807, 2.05) is 0 Å². The van der Waals surface area contributed by atoms with Gasteiger partial charge in [0.25, 0.3) is 6.43 Å². The minimum absolute atomic E-state index is 0.130. The van der Waals surface area contributed by atoms with Crippen molar-refractivity contribution in [3.63, 3.8) is 0 Å². The molecule has 0 aromatic carbocycles. The van der Waals surface area contributed by atoms with E-state index in [1.165, 1.54) is 0 Å². The lowest BCUT2D eigenvalue weighted by Crippen LogP contribution is -2.12. The van der Waals surface area contributed by atoms with Gasteiger partial charge in [-0.3, -0.25) is 0 Å². The average Bonchev–Trinajstić information content (AvgIpc) is 2.14. The summed E-state index contributed by atoms with van der Waals surface area (Å²) in [5, 5.41) is -1.01. The van der Waals surface area contributed by atoms with Crippen LogP contribution in [0, 0.1) is 0 Å². The van der Waals surface area contributed by atoms with E-state index in [4.69, 9.17) is 23.2 Å². The minimum atomic E-state index is -4.97. The first kappa shape index (κ1) is 13.4. The zero-order valence-corrected chi connectivity index (χ0v) is 8.97. The number of pyridine rings is 1. The lowest BCUT2D eigenvalue weighted by Gasteiger charge is -2.14. The van der Waals surface area contributed by atoms with Crippen molar-refractivity contribution >= 4 is 23.2 Å². The van der Waals surface area contributed by atoms with Crippen LogP contribution in [0.15, 0.2) is 6.07 Å². The quantitative estimate of drug-likeness (QED) is 0.443. The second-order valence-corrected chi connectivity index (χ2v) is 3.43. The summed E-state index contributed by atoms with van der Waals surface area (Å²) in [4.78, 5) is 3.28. The summed E-state index contributed by atoms with van der Waals surface area (Å²) >= 11 is 10.5. The van der Waals surface area contributed by atoms with Gasteiger partial charge >= 0.3 is 6.18 Å².